The van der Waals surface area contributed by atoms with Gasteiger partial charge in [-0.2, -0.15) is 0 Å². The maximum atomic E-state index is 12.0. The molecular weight excluding hydrogens is 218 g/mol. The van der Waals surface area contributed by atoms with Crippen LogP contribution in [0.1, 0.15) is 47.0 Å². The van der Waals surface area contributed by atoms with E-state index < -0.39 is 5.92 Å². The summed E-state index contributed by atoms with van der Waals surface area (Å²) in [4.78, 5) is 12.0. The summed E-state index contributed by atoms with van der Waals surface area (Å²) >= 11 is 0. The topological polar surface area (TPSA) is 87.7 Å². The van der Waals surface area contributed by atoms with E-state index in [9.17, 15) is 4.79 Å². The zero-order chi connectivity index (χ0) is 13.4. The highest BCUT2D eigenvalue weighted by molar-refractivity contribution is 6.02. The van der Waals surface area contributed by atoms with E-state index in [2.05, 4.69) is 17.4 Å². The predicted octanol–water partition coefficient (Wildman–Crippen LogP) is 1.70. The lowest BCUT2D eigenvalue weighted by molar-refractivity contribution is -0.124. The van der Waals surface area contributed by atoms with Crippen LogP contribution in [0.2, 0.25) is 0 Å². The molecule has 0 fully saturated rings. The fourth-order valence-electron chi connectivity index (χ4n) is 1.86. The molecule has 0 aliphatic rings. The van der Waals surface area contributed by atoms with Gasteiger partial charge in [0.15, 0.2) is 5.84 Å². The molecule has 5 heteroatoms. The van der Waals surface area contributed by atoms with Gasteiger partial charge in [0.05, 0.1) is 0 Å². The van der Waals surface area contributed by atoms with Crippen molar-refractivity contribution < 1.29 is 10.0 Å². The van der Waals surface area contributed by atoms with Gasteiger partial charge in [0.25, 0.3) is 0 Å². The molecule has 0 aromatic carbocycles. The molecule has 5 nitrogen and oxygen atoms in total. The molecule has 0 saturated heterocycles. The Morgan fingerprint density at radius 3 is 2.35 bits per heavy atom. The van der Waals surface area contributed by atoms with Crippen LogP contribution in [0.25, 0.3) is 0 Å². The van der Waals surface area contributed by atoms with E-state index in [0.717, 1.165) is 19.3 Å². The average Bonchev–Trinajstić information content (AvgIpc) is 2.27. The molecule has 0 radical (unpaired) electrons. The summed E-state index contributed by atoms with van der Waals surface area (Å²) in [5, 5.41) is 14.6. The first kappa shape index (κ1) is 15.7. The van der Waals surface area contributed by atoms with Gasteiger partial charge in [-0.25, -0.2) is 0 Å². The van der Waals surface area contributed by atoms with Gasteiger partial charge in [-0.05, 0) is 18.8 Å². The number of nitrogens with zero attached hydrogens (tertiary/aromatic N) is 1. The van der Waals surface area contributed by atoms with E-state index in [1.807, 2.05) is 20.8 Å². The maximum Gasteiger partial charge on any atom is 0.231 e. The van der Waals surface area contributed by atoms with E-state index in [1.165, 1.54) is 0 Å². The van der Waals surface area contributed by atoms with Crippen molar-refractivity contribution in [3.8, 4) is 0 Å². The minimum absolute atomic E-state index is 0.00466. The van der Waals surface area contributed by atoms with Crippen LogP contribution in [0.3, 0.4) is 0 Å². The van der Waals surface area contributed by atoms with Gasteiger partial charge in [0.2, 0.25) is 5.91 Å². The van der Waals surface area contributed by atoms with Crippen molar-refractivity contribution in [3.63, 3.8) is 0 Å². The summed E-state index contributed by atoms with van der Waals surface area (Å²) in [5.41, 5.74) is 5.55. The van der Waals surface area contributed by atoms with Crippen LogP contribution in [-0.4, -0.2) is 23.0 Å². The normalized spacial score (nSPS) is 15.7. The van der Waals surface area contributed by atoms with E-state index in [1.54, 1.807) is 0 Å². The number of rotatable bonds is 7. The van der Waals surface area contributed by atoms with Crippen molar-refractivity contribution in [1.29, 1.82) is 0 Å². The van der Waals surface area contributed by atoms with Gasteiger partial charge in [-0.1, -0.05) is 39.3 Å². The molecule has 2 unspecified atom stereocenters. The first-order chi connectivity index (χ1) is 7.97. The fourth-order valence-corrected chi connectivity index (χ4v) is 1.86. The molecule has 0 saturated carbocycles. The zero-order valence-corrected chi connectivity index (χ0v) is 11.2. The number of amides is 1. The molecule has 17 heavy (non-hydrogen) atoms. The summed E-state index contributed by atoms with van der Waals surface area (Å²) in [7, 11) is 0. The van der Waals surface area contributed by atoms with Gasteiger partial charge in [0, 0.05) is 6.04 Å². The lowest BCUT2D eigenvalue weighted by Gasteiger charge is -2.23. The van der Waals surface area contributed by atoms with Gasteiger partial charge >= 0.3 is 0 Å². The predicted molar refractivity (Wildman–Crippen MR) is 68.9 cm³/mol. The SMILES string of the molecule is CCCC(CC)NC(=O)C(/C(N)=N/O)C(C)C. The van der Waals surface area contributed by atoms with Crippen LogP contribution in [0.4, 0.5) is 0 Å². The largest absolute Gasteiger partial charge is 0.409 e. The quantitative estimate of drug-likeness (QED) is 0.275. The van der Waals surface area contributed by atoms with Crippen molar-refractivity contribution in [2.24, 2.45) is 22.7 Å². The number of carbonyl (C=O) groups is 1. The molecule has 0 heterocycles. The van der Waals surface area contributed by atoms with E-state index in [0.29, 0.717) is 0 Å². The molecule has 0 aliphatic carbocycles. The molecule has 0 aliphatic heterocycles. The Hall–Kier alpha value is -1.26. The minimum atomic E-state index is -0.564. The Labute approximate surface area is 103 Å². The molecule has 0 rings (SSSR count). The van der Waals surface area contributed by atoms with Gasteiger partial charge in [-0.15, -0.1) is 0 Å². The fraction of sp³-hybridized carbons (Fsp3) is 0.833. The van der Waals surface area contributed by atoms with Crippen LogP contribution in [0.15, 0.2) is 5.16 Å². The van der Waals surface area contributed by atoms with Crippen molar-refractivity contribution >= 4 is 11.7 Å². The minimum Gasteiger partial charge on any atom is -0.409 e. The third-order valence-electron chi connectivity index (χ3n) is 2.86. The van der Waals surface area contributed by atoms with Crippen LogP contribution in [-0.2, 0) is 4.79 Å². The van der Waals surface area contributed by atoms with Crippen LogP contribution >= 0.6 is 0 Å². The Balaban J connectivity index is 4.63. The number of nitrogens with two attached hydrogens (primary N) is 1. The average molecular weight is 243 g/mol. The molecule has 100 valence electrons. The smallest absolute Gasteiger partial charge is 0.231 e. The second-order valence-corrected chi connectivity index (χ2v) is 4.65. The highest BCUT2D eigenvalue weighted by Gasteiger charge is 2.27. The lowest BCUT2D eigenvalue weighted by atomic mass is 9.93. The monoisotopic (exact) mass is 243 g/mol. The van der Waals surface area contributed by atoms with E-state index in [-0.39, 0.29) is 23.7 Å². The van der Waals surface area contributed by atoms with E-state index in [4.69, 9.17) is 10.9 Å². The Bertz CT molecular complexity index is 264. The Kier molecular flexibility index (Phi) is 7.34. The van der Waals surface area contributed by atoms with Crippen LogP contribution < -0.4 is 11.1 Å². The maximum absolute atomic E-state index is 12.0. The number of hydrogen-bond acceptors (Lipinski definition) is 3. The first-order valence-electron chi connectivity index (χ1n) is 6.25. The molecule has 0 spiro atoms. The highest BCUT2D eigenvalue weighted by Crippen LogP contribution is 2.12. The standard InChI is InChI=1S/C12H25N3O2/c1-5-7-9(6-2)14-12(16)10(8(3)4)11(13)15-17/h8-10,17H,5-7H2,1-4H3,(H2,13,15)(H,14,16). The molecule has 2 atom stereocenters. The highest BCUT2D eigenvalue weighted by atomic mass is 16.4. The number of amidine groups is 1. The third kappa shape index (κ3) is 5.06. The summed E-state index contributed by atoms with van der Waals surface area (Å²) in [5.74, 6) is -0.740. The Morgan fingerprint density at radius 1 is 1.41 bits per heavy atom. The van der Waals surface area contributed by atoms with Gasteiger partial charge in [-0.3, -0.25) is 4.79 Å². The van der Waals surface area contributed by atoms with Crippen LogP contribution in [0, 0.1) is 11.8 Å². The summed E-state index contributed by atoms with van der Waals surface area (Å²) < 4.78 is 0. The number of oxime groups is 1. The molecule has 4 N–H and O–H groups in total. The number of nitrogens with one attached hydrogen (secondary N) is 1. The molecule has 0 aromatic rings. The number of hydrogen-bond donors (Lipinski definition) is 3. The second-order valence-electron chi connectivity index (χ2n) is 4.65. The summed E-state index contributed by atoms with van der Waals surface area (Å²) in [6, 6.07) is 0.167. The lowest BCUT2D eigenvalue weighted by Crippen LogP contribution is -2.45. The first-order valence-corrected chi connectivity index (χ1v) is 6.25. The molecule has 1 amide bonds. The van der Waals surface area contributed by atoms with Crippen molar-refractivity contribution in [2.75, 3.05) is 0 Å². The van der Waals surface area contributed by atoms with Gasteiger partial charge < -0.3 is 16.3 Å². The molecular formula is C12H25N3O2. The summed E-state index contributed by atoms with van der Waals surface area (Å²) in [6.07, 6.45) is 2.86. The second kappa shape index (κ2) is 7.92. The van der Waals surface area contributed by atoms with Crippen LogP contribution in [0.5, 0.6) is 0 Å². The molecule has 0 aromatic heterocycles. The Morgan fingerprint density at radius 2 is 2.00 bits per heavy atom. The van der Waals surface area contributed by atoms with Gasteiger partial charge in [0.1, 0.15) is 5.92 Å². The van der Waals surface area contributed by atoms with Crippen molar-refractivity contribution in [3.05, 3.63) is 0 Å². The third-order valence-corrected chi connectivity index (χ3v) is 2.86. The number of carbonyl (C=O) groups excluding carboxylic acids is 1. The zero-order valence-electron chi connectivity index (χ0n) is 11.2. The van der Waals surface area contributed by atoms with Crippen molar-refractivity contribution in [2.45, 2.75) is 53.0 Å². The van der Waals surface area contributed by atoms with Crippen molar-refractivity contribution in [1.82, 2.24) is 5.32 Å². The molecule has 0 bridgehead atoms. The summed E-state index contributed by atoms with van der Waals surface area (Å²) in [6.45, 7) is 7.87. The van der Waals surface area contributed by atoms with E-state index >= 15 is 0 Å².